The Morgan fingerprint density at radius 1 is 0.837 bits per heavy atom. The van der Waals surface area contributed by atoms with Gasteiger partial charge in [-0.05, 0) is 80.1 Å². The van der Waals surface area contributed by atoms with E-state index in [9.17, 15) is 19.2 Å². The van der Waals surface area contributed by atoms with Crippen LogP contribution < -0.4 is 0 Å². The molecule has 0 bridgehead atoms. The molecule has 9 heteroatoms. The topological polar surface area (TPSA) is 94.9 Å². The van der Waals surface area contributed by atoms with E-state index < -0.39 is 29.1 Å². The van der Waals surface area contributed by atoms with Gasteiger partial charge in [-0.1, -0.05) is 60.7 Å². The quantitative estimate of drug-likeness (QED) is 0.152. The zero-order chi connectivity index (χ0) is 30.5. The van der Waals surface area contributed by atoms with Gasteiger partial charge in [0.2, 0.25) is 0 Å². The fourth-order valence-corrected chi connectivity index (χ4v) is 5.80. The van der Waals surface area contributed by atoms with Crippen LogP contribution in [0.3, 0.4) is 0 Å². The third-order valence-corrected chi connectivity index (χ3v) is 7.79. The highest BCUT2D eigenvalue weighted by atomic mass is 32.2. The summed E-state index contributed by atoms with van der Waals surface area (Å²) in [6, 6.07) is 27.6. The molecule has 2 amide bonds. The zero-order valence-electron chi connectivity index (χ0n) is 24.0. The van der Waals surface area contributed by atoms with Crippen LogP contribution in [0.1, 0.15) is 36.7 Å². The van der Waals surface area contributed by atoms with Crippen LogP contribution in [0.2, 0.25) is 0 Å². The second kappa shape index (κ2) is 13.0. The molecule has 43 heavy (non-hydrogen) atoms. The summed E-state index contributed by atoms with van der Waals surface area (Å²) in [5.74, 6) is -1.59. The van der Waals surface area contributed by atoms with Crippen LogP contribution in [0.5, 0.6) is 0 Å². The van der Waals surface area contributed by atoms with Crippen molar-refractivity contribution in [2.45, 2.75) is 26.8 Å². The maximum Gasteiger partial charge on any atom is 0.338 e. The Bertz CT molecular complexity index is 1690. The highest BCUT2D eigenvalue weighted by Crippen LogP contribution is 2.40. The maximum absolute atomic E-state index is 13.5. The molecule has 0 unspecified atom stereocenters. The van der Waals surface area contributed by atoms with E-state index in [0.29, 0.717) is 11.1 Å². The number of imide groups is 1. The number of ether oxygens (including phenoxy) is 2. The van der Waals surface area contributed by atoms with Crippen LogP contribution in [-0.4, -0.2) is 51.8 Å². The minimum Gasteiger partial charge on any atom is -0.464 e. The monoisotopic (exact) mass is 594 g/mol. The fourth-order valence-electron chi connectivity index (χ4n) is 4.91. The number of aromatic nitrogens is 1. The molecule has 0 spiro atoms. The number of nitrogens with zero attached hydrogens (tertiary/aromatic N) is 2. The number of carbonyl (C=O) groups excluding carboxylic acids is 4. The highest BCUT2D eigenvalue weighted by Gasteiger charge is 2.41. The molecular formula is C34H30N2O6S. The van der Waals surface area contributed by atoms with Crippen molar-refractivity contribution in [1.82, 2.24) is 9.47 Å². The van der Waals surface area contributed by atoms with Crippen LogP contribution in [0.4, 0.5) is 4.79 Å². The van der Waals surface area contributed by atoms with Crippen LogP contribution in [0.15, 0.2) is 95.9 Å². The molecule has 0 radical (unpaired) electrons. The minimum atomic E-state index is -1.05. The fraction of sp³-hybridized carbons (Fsp3) is 0.176. The van der Waals surface area contributed by atoms with Gasteiger partial charge in [-0.15, -0.1) is 0 Å². The number of benzene rings is 3. The number of rotatable bonds is 9. The van der Waals surface area contributed by atoms with Crippen LogP contribution >= 0.6 is 11.8 Å². The lowest BCUT2D eigenvalue weighted by molar-refractivity contribution is -0.150. The molecule has 1 aliphatic heterocycles. The molecule has 1 aromatic heterocycles. The van der Waals surface area contributed by atoms with Crippen LogP contribution in [0.25, 0.3) is 34.3 Å². The summed E-state index contributed by atoms with van der Waals surface area (Å²) in [5, 5.41) is -0.532. The first-order chi connectivity index (χ1) is 20.8. The van der Waals surface area contributed by atoms with Gasteiger partial charge < -0.3 is 14.0 Å². The Morgan fingerprint density at radius 3 is 2.05 bits per heavy atom. The van der Waals surface area contributed by atoms with Crippen molar-refractivity contribution in [3.8, 4) is 28.2 Å². The standard InChI is InChI=1S/C34H30N2O6S/c1-4-41-32(38)22(3)35-31(37)29(43-34(35)40)21-26-20-28(23-12-8-6-9-13-23)36(30(26)24-14-10-7-11-15-24)27-18-16-25(17-19-27)33(39)42-5-2/h6-22H,4-5H2,1-3H3/b29-21-/t22-/m1/s1. The first-order valence-electron chi connectivity index (χ1n) is 13.9. The summed E-state index contributed by atoms with van der Waals surface area (Å²) in [6.45, 7) is 5.34. The molecular weight excluding hydrogens is 564 g/mol. The number of hydrogen-bond donors (Lipinski definition) is 0. The third-order valence-electron chi connectivity index (χ3n) is 6.91. The van der Waals surface area contributed by atoms with Crippen molar-refractivity contribution in [1.29, 1.82) is 0 Å². The number of thioether (sulfide) groups is 1. The molecule has 5 rings (SSSR count). The third kappa shape index (κ3) is 6.03. The van der Waals surface area contributed by atoms with E-state index in [1.54, 1.807) is 32.1 Å². The van der Waals surface area contributed by atoms with Gasteiger partial charge in [-0.2, -0.15) is 0 Å². The highest BCUT2D eigenvalue weighted by molar-refractivity contribution is 8.18. The van der Waals surface area contributed by atoms with Gasteiger partial charge in [0.1, 0.15) is 6.04 Å². The van der Waals surface area contributed by atoms with Gasteiger partial charge in [0, 0.05) is 11.3 Å². The predicted molar refractivity (Wildman–Crippen MR) is 167 cm³/mol. The lowest BCUT2D eigenvalue weighted by Crippen LogP contribution is -2.42. The Kier molecular flexibility index (Phi) is 8.92. The molecule has 0 saturated carbocycles. The van der Waals surface area contributed by atoms with Gasteiger partial charge in [0.05, 0.1) is 35.1 Å². The molecule has 2 heterocycles. The number of carbonyl (C=O) groups is 4. The van der Waals surface area contributed by atoms with Crippen molar-refractivity contribution in [3.05, 3.63) is 107 Å². The maximum atomic E-state index is 13.5. The van der Waals surface area contributed by atoms with Gasteiger partial charge >= 0.3 is 11.9 Å². The zero-order valence-corrected chi connectivity index (χ0v) is 24.8. The van der Waals surface area contributed by atoms with E-state index in [1.165, 1.54) is 6.92 Å². The summed E-state index contributed by atoms with van der Waals surface area (Å²) in [4.78, 5) is 52.2. The van der Waals surface area contributed by atoms with E-state index in [-0.39, 0.29) is 18.1 Å². The molecule has 0 N–H and O–H groups in total. The van der Waals surface area contributed by atoms with Crippen LogP contribution in [0, 0.1) is 0 Å². The number of esters is 2. The van der Waals surface area contributed by atoms with Gasteiger partial charge in [0.25, 0.3) is 11.1 Å². The lowest BCUT2D eigenvalue weighted by atomic mass is 10.1. The molecule has 218 valence electrons. The summed E-state index contributed by atoms with van der Waals surface area (Å²) in [5.41, 5.74) is 5.36. The minimum absolute atomic E-state index is 0.145. The first-order valence-corrected chi connectivity index (χ1v) is 14.7. The second-order valence-electron chi connectivity index (χ2n) is 9.65. The Labute approximate surface area is 253 Å². The summed E-state index contributed by atoms with van der Waals surface area (Å²) >= 11 is 0.791. The molecule has 1 fully saturated rings. The smallest absolute Gasteiger partial charge is 0.338 e. The molecule has 1 atom stereocenters. The van der Waals surface area contributed by atoms with E-state index in [0.717, 1.165) is 44.9 Å². The molecule has 3 aromatic carbocycles. The lowest BCUT2D eigenvalue weighted by Gasteiger charge is -2.19. The average Bonchev–Trinajstić information content (AvgIpc) is 3.54. The summed E-state index contributed by atoms with van der Waals surface area (Å²) < 4.78 is 12.3. The summed E-state index contributed by atoms with van der Waals surface area (Å²) in [7, 11) is 0. The Hall–Kier alpha value is -4.89. The first kappa shape index (κ1) is 29.6. The van der Waals surface area contributed by atoms with E-state index in [1.807, 2.05) is 78.9 Å². The number of amides is 2. The van der Waals surface area contributed by atoms with Crippen molar-refractivity contribution in [3.63, 3.8) is 0 Å². The van der Waals surface area contributed by atoms with Crippen LogP contribution in [-0.2, 0) is 19.1 Å². The van der Waals surface area contributed by atoms with Crippen molar-refractivity contribution < 1.29 is 28.7 Å². The molecule has 0 aliphatic carbocycles. The van der Waals surface area contributed by atoms with E-state index >= 15 is 0 Å². The SMILES string of the molecule is CCOC(=O)c1ccc(-n2c(-c3ccccc3)cc(/C=C3\SC(=O)N([C@H](C)C(=O)OCC)C3=O)c2-c2ccccc2)cc1. The van der Waals surface area contributed by atoms with Crippen molar-refractivity contribution in [2.24, 2.45) is 0 Å². The average molecular weight is 595 g/mol. The molecule has 8 nitrogen and oxygen atoms in total. The molecule has 4 aromatic rings. The van der Waals surface area contributed by atoms with E-state index in [4.69, 9.17) is 9.47 Å². The van der Waals surface area contributed by atoms with Crippen molar-refractivity contribution >= 4 is 40.9 Å². The summed E-state index contributed by atoms with van der Waals surface area (Å²) in [6.07, 6.45) is 1.70. The Morgan fingerprint density at radius 2 is 1.44 bits per heavy atom. The largest absolute Gasteiger partial charge is 0.464 e. The number of hydrogen-bond acceptors (Lipinski definition) is 7. The van der Waals surface area contributed by atoms with Crippen molar-refractivity contribution in [2.75, 3.05) is 13.2 Å². The Balaban J connectivity index is 1.69. The van der Waals surface area contributed by atoms with Gasteiger partial charge in [0.15, 0.2) is 0 Å². The molecule has 1 aliphatic rings. The van der Waals surface area contributed by atoms with Gasteiger partial charge in [-0.3, -0.25) is 14.5 Å². The second-order valence-corrected chi connectivity index (χ2v) is 10.6. The normalized spacial score (nSPS) is 14.7. The van der Waals surface area contributed by atoms with Gasteiger partial charge in [-0.25, -0.2) is 9.59 Å². The molecule has 1 saturated heterocycles. The predicted octanol–water partition coefficient (Wildman–Crippen LogP) is 6.98. The van der Waals surface area contributed by atoms with E-state index in [2.05, 4.69) is 4.57 Å².